The van der Waals surface area contributed by atoms with Crippen LogP contribution in [0.2, 0.25) is 6.55 Å². The van der Waals surface area contributed by atoms with E-state index in [1.165, 1.54) is 6.08 Å². The summed E-state index contributed by atoms with van der Waals surface area (Å²) in [7, 11) is -0.398. The molecule has 0 spiro atoms. The molecule has 0 amide bonds. The SMILES string of the molecule is CCOC(=O)C(=Cc1ccc(OCC=C[SiH](C)O[SiH3])cc1)C(=O)OCC. The molecule has 8 heteroatoms. The molecule has 0 saturated heterocycles. The van der Waals surface area contributed by atoms with Crippen LogP contribution in [0.3, 0.4) is 0 Å². The van der Waals surface area contributed by atoms with Crippen molar-refractivity contribution < 1.29 is 27.9 Å². The maximum Gasteiger partial charge on any atom is 0.345 e. The number of rotatable bonds is 10. The molecule has 0 aliphatic carbocycles. The Labute approximate surface area is 159 Å². The molecule has 0 fully saturated rings. The monoisotopic (exact) mass is 394 g/mol. The lowest BCUT2D eigenvalue weighted by atomic mass is 10.1. The Morgan fingerprint density at radius 1 is 1.08 bits per heavy atom. The van der Waals surface area contributed by atoms with E-state index in [4.69, 9.17) is 18.3 Å². The van der Waals surface area contributed by atoms with E-state index >= 15 is 0 Å². The van der Waals surface area contributed by atoms with Crippen molar-refractivity contribution in [2.24, 2.45) is 0 Å². The second-order valence-corrected chi connectivity index (χ2v) is 8.93. The van der Waals surface area contributed by atoms with Crippen molar-refractivity contribution in [3.05, 3.63) is 47.2 Å². The van der Waals surface area contributed by atoms with E-state index in [-0.39, 0.29) is 18.8 Å². The van der Waals surface area contributed by atoms with Gasteiger partial charge in [-0.15, -0.1) is 0 Å². The quantitative estimate of drug-likeness (QED) is 0.196. The molecule has 1 rings (SSSR count). The normalized spacial score (nSPS) is 11.8. The molecule has 0 N–H and O–H groups in total. The Kier molecular flexibility index (Phi) is 10.3. The molecule has 0 aromatic heterocycles. The van der Waals surface area contributed by atoms with Gasteiger partial charge in [-0.05, 0) is 44.2 Å². The first-order valence-corrected chi connectivity index (χ1v) is 11.6. The van der Waals surface area contributed by atoms with Gasteiger partial charge in [0.25, 0.3) is 0 Å². The molecule has 26 heavy (non-hydrogen) atoms. The summed E-state index contributed by atoms with van der Waals surface area (Å²) in [5.41, 5.74) is 2.62. The van der Waals surface area contributed by atoms with Crippen molar-refractivity contribution in [1.82, 2.24) is 0 Å². The average Bonchev–Trinajstić information content (AvgIpc) is 2.64. The third-order valence-corrected chi connectivity index (χ3v) is 7.10. The Hall–Kier alpha value is -2.17. The molecule has 1 aromatic rings. The van der Waals surface area contributed by atoms with Crippen molar-refractivity contribution in [3.63, 3.8) is 0 Å². The lowest BCUT2D eigenvalue weighted by Crippen LogP contribution is -2.18. The number of ether oxygens (including phenoxy) is 3. The van der Waals surface area contributed by atoms with Crippen molar-refractivity contribution in [2.45, 2.75) is 20.4 Å². The minimum absolute atomic E-state index is 0.132. The molecule has 0 saturated carbocycles. The highest BCUT2D eigenvalue weighted by molar-refractivity contribution is 6.59. The van der Waals surface area contributed by atoms with Crippen molar-refractivity contribution in [3.8, 4) is 5.75 Å². The van der Waals surface area contributed by atoms with Crippen LogP contribution in [0, 0.1) is 0 Å². The van der Waals surface area contributed by atoms with Crippen molar-refractivity contribution in [1.29, 1.82) is 0 Å². The highest BCUT2D eigenvalue weighted by Crippen LogP contribution is 2.16. The fraction of sp³-hybridized carbons (Fsp3) is 0.333. The lowest BCUT2D eigenvalue weighted by molar-refractivity contribution is -0.146. The van der Waals surface area contributed by atoms with Crippen LogP contribution >= 0.6 is 0 Å². The summed E-state index contributed by atoms with van der Waals surface area (Å²) in [5.74, 6) is -0.700. The summed E-state index contributed by atoms with van der Waals surface area (Å²) < 4.78 is 20.8. The van der Waals surface area contributed by atoms with E-state index < -0.39 is 21.0 Å². The average molecular weight is 395 g/mol. The zero-order valence-electron chi connectivity index (χ0n) is 15.7. The molecule has 1 unspecified atom stereocenters. The lowest BCUT2D eigenvalue weighted by Gasteiger charge is -2.07. The van der Waals surface area contributed by atoms with Gasteiger partial charge in [-0.25, -0.2) is 9.59 Å². The second-order valence-electron chi connectivity index (χ2n) is 5.25. The molecule has 0 heterocycles. The van der Waals surface area contributed by atoms with E-state index in [1.807, 2.05) is 6.08 Å². The first-order chi connectivity index (χ1) is 12.5. The highest BCUT2D eigenvalue weighted by atomic mass is 28.3. The van der Waals surface area contributed by atoms with Gasteiger partial charge in [-0.1, -0.05) is 23.9 Å². The molecular formula is C18H26O6Si2. The van der Waals surface area contributed by atoms with Crippen LogP contribution in [0.1, 0.15) is 19.4 Å². The number of hydrogen-bond donors (Lipinski definition) is 0. The van der Waals surface area contributed by atoms with Gasteiger partial charge < -0.3 is 18.3 Å². The van der Waals surface area contributed by atoms with Gasteiger partial charge >= 0.3 is 11.9 Å². The summed E-state index contributed by atoms with van der Waals surface area (Å²) in [6.07, 6.45) is 3.41. The van der Waals surface area contributed by atoms with Crippen LogP contribution in [0.4, 0.5) is 0 Å². The summed E-state index contributed by atoms with van der Waals surface area (Å²) in [4.78, 5) is 23.9. The number of carbonyl (C=O) groups excluding carboxylic acids is 2. The zero-order chi connectivity index (χ0) is 19.4. The smallest absolute Gasteiger partial charge is 0.345 e. The Morgan fingerprint density at radius 2 is 1.65 bits per heavy atom. The van der Waals surface area contributed by atoms with Crippen LogP contribution in [0.15, 0.2) is 41.6 Å². The van der Waals surface area contributed by atoms with Gasteiger partial charge in [0.1, 0.15) is 28.4 Å². The predicted octanol–water partition coefficient (Wildman–Crippen LogP) is 1.32. The standard InChI is InChI=1S/C18H26O6Si2/c1-4-21-17(19)16(18(20)22-5-2)13-14-7-9-15(10-8-14)23-11-6-12-26(3)24-25/h6-10,12-13,26H,4-5,11H2,1-3,25H3. The topological polar surface area (TPSA) is 71.1 Å². The summed E-state index contributed by atoms with van der Waals surface area (Å²) >= 11 is 0. The summed E-state index contributed by atoms with van der Waals surface area (Å²) in [5, 5.41) is 0. The van der Waals surface area contributed by atoms with Gasteiger partial charge in [0.15, 0.2) is 9.04 Å². The van der Waals surface area contributed by atoms with Crippen LogP contribution in [-0.2, 0) is 23.2 Å². The fourth-order valence-corrected chi connectivity index (χ4v) is 3.04. The van der Waals surface area contributed by atoms with Crippen molar-refractivity contribution >= 4 is 37.5 Å². The number of esters is 2. The third-order valence-electron chi connectivity index (χ3n) is 3.31. The molecule has 0 radical (unpaired) electrons. The fourth-order valence-electron chi connectivity index (χ4n) is 1.92. The van der Waals surface area contributed by atoms with Gasteiger partial charge in [0.05, 0.1) is 13.2 Å². The van der Waals surface area contributed by atoms with E-state index in [0.717, 1.165) is 10.5 Å². The Morgan fingerprint density at radius 3 is 2.15 bits per heavy atom. The maximum atomic E-state index is 12.0. The molecule has 0 aliphatic heterocycles. The van der Waals surface area contributed by atoms with Crippen LogP contribution in [0.25, 0.3) is 6.08 Å². The summed E-state index contributed by atoms with van der Waals surface area (Å²) in [6.45, 7) is 6.30. The molecule has 1 atom stereocenters. The minimum atomic E-state index is -1.16. The van der Waals surface area contributed by atoms with Gasteiger partial charge in [-0.2, -0.15) is 0 Å². The largest absolute Gasteiger partial charge is 0.490 e. The molecule has 0 aliphatic rings. The zero-order valence-corrected chi connectivity index (χ0v) is 18.8. The number of hydrogen-bond acceptors (Lipinski definition) is 6. The number of carbonyl (C=O) groups is 2. The maximum absolute atomic E-state index is 12.0. The van der Waals surface area contributed by atoms with E-state index in [2.05, 4.69) is 12.2 Å². The molecule has 6 nitrogen and oxygen atoms in total. The van der Waals surface area contributed by atoms with Gasteiger partial charge in [0, 0.05) is 0 Å². The van der Waals surface area contributed by atoms with Crippen LogP contribution in [-0.4, -0.2) is 51.3 Å². The van der Waals surface area contributed by atoms with E-state index in [0.29, 0.717) is 17.9 Å². The van der Waals surface area contributed by atoms with Gasteiger partial charge in [-0.3, -0.25) is 0 Å². The van der Waals surface area contributed by atoms with Crippen molar-refractivity contribution in [2.75, 3.05) is 19.8 Å². The van der Waals surface area contributed by atoms with E-state index in [1.54, 1.807) is 38.1 Å². The molecule has 0 bridgehead atoms. The first kappa shape index (κ1) is 21.9. The number of benzene rings is 1. The molecule has 1 aromatic carbocycles. The third kappa shape index (κ3) is 7.81. The predicted molar refractivity (Wildman–Crippen MR) is 106 cm³/mol. The van der Waals surface area contributed by atoms with E-state index in [9.17, 15) is 9.59 Å². The highest BCUT2D eigenvalue weighted by Gasteiger charge is 2.20. The Bertz CT molecular complexity index is 620. The summed E-state index contributed by atoms with van der Waals surface area (Å²) in [6, 6.07) is 7.07. The van der Waals surface area contributed by atoms with Crippen LogP contribution < -0.4 is 4.74 Å². The minimum Gasteiger partial charge on any atom is -0.490 e. The van der Waals surface area contributed by atoms with Gasteiger partial charge in [0.2, 0.25) is 0 Å². The Balaban J connectivity index is 2.80. The molecule has 142 valence electrons. The second kappa shape index (κ2) is 12.2. The molecular weight excluding hydrogens is 368 g/mol. The first-order valence-electron chi connectivity index (χ1n) is 8.50. The van der Waals surface area contributed by atoms with Crippen LogP contribution in [0.5, 0.6) is 5.75 Å².